The number of benzene rings is 2. The van der Waals surface area contributed by atoms with E-state index in [4.69, 9.17) is 17.3 Å². The summed E-state index contributed by atoms with van der Waals surface area (Å²) in [6.07, 6.45) is 0. The van der Waals surface area contributed by atoms with Crippen molar-refractivity contribution in [2.24, 2.45) is 0 Å². The van der Waals surface area contributed by atoms with Gasteiger partial charge in [0, 0.05) is 34.6 Å². The lowest BCUT2D eigenvalue weighted by molar-refractivity contribution is 0.520. The van der Waals surface area contributed by atoms with Crippen molar-refractivity contribution in [3.63, 3.8) is 0 Å². The molecule has 0 saturated carbocycles. The molecule has 112 valence electrons. The van der Waals surface area contributed by atoms with Gasteiger partial charge in [0.25, 0.3) is 0 Å². The highest BCUT2D eigenvalue weighted by Crippen LogP contribution is 2.34. The standard InChI is InChI=1S/C14H15ClN2O2S2/c1-17(2)21(18,19)12-7-8-14(13(16)9-12)20-11-5-3-10(15)4-6-11/h3-9H,16H2,1-2H3. The average Bonchev–Trinajstić information content (AvgIpc) is 2.43. The second kappa shape index (κ2) is 6.27. The summed E-state index contributed by atoms with van der Waals surface area (Å²) in [7, 11) is -0.492. The zero-order valence-corrected chi connectivity index (χ0v) is 14.0. The number of halogens is 1. The number of hydrogen-bond donors (Lipinski definition) is 1. The van der Waals surface area contributed by atoms with E-state index in [1.165, 1.54) is 31.9 Å². The molecule has 0 saturated heterocycles. The summed E-state index contributed by atoms with van der Waals surface area (Å²) in [6.45, 7) is 0. The molecule has 0 spiro atoms. The van der Waals surface area contributed by atoms with Crippen molar-refractivity contribution >= 4 is 39.1 Å². The van der Waals surface area contributed by atoms with E-state index in [-0.39, 0.29) is 4.90 Å². The van der Waals surface area contributed by atoms with Crippen LogP contribution in [0.5, 0.6) is 0 Å². The largest absolute Gasteiger partial charge is 0.398 e. The van der Waals surface area contributed by atoms with Crippen molar-refractivity contribution in [3.8, 4) is 0 Å². The van der Waals surface area contributed by atoms with Gasteiger partial charge in [0.2, 0.25) is 10.0 Å². The van der Waals surface area contributed by atoms with Crippen molar-refractivity contribution < 1.29 is 8.42 Å². The summed E-state index contributed by atoms with van der Waals surface area (Å²) >= 11 is 7.30. The van der Waals surface area contributed by atoms with Crippen LogP contribution in [0, 0.1) is 0 Å². The predicted octanol–water partition coefficient (Wildman–Crippen LogP) is 3.32. The molecule has 2 aromatic rings. The van der Waals surface area contributed by atoms with E-state index in [0.29, 0.717) is 10.7 Å². The summed E-state index contributed by atoms with van der Waals surface area (Å²) in [5, 5.41) is 0.666. The van der Waals surface area contributed by atoms with Crippen LogP contribution < -0.4 is 5.73 Å². The van der Waals surface area contributed by atoms with Crippen molar-refractivity contribution in [3.05, 3.63) is 47.5 Å². The average molecular weight is 343 g/mol. The summed E-state index contributed by atoms with van der Waals surface area (Å²) in [5.41, 5.74) is 6.39. The minimum absolute atomic E-state index is 0.186. The number of rotatable bonds is 4. The van der Waals surface area contributed by atoms with Gasteiger partial charge in [-0.2, -0.15) is 0 Å². The van der Waals surface area contributed by atoms with E-state index in [2.05, 4.69) is 0 Å². The van der Waals surface area contributed by atoms with E-state index < -0.39 is 10.0 Å². The number of hydrogen-bond acceptors (Lipinski definition) is 4. The molecule has 0 fully saturated rings. The molecular formula is C14H15ClN2O2S2. The molecule has 0 aliphatic rings. The maximum absolute atomic E-state index is 12.0. The Morgan fingerprint density at radius 3 is 2.24 bits per heavy atom. The van der Waals surface area contributed by atoms with Gasteiger partial charge in [0.15, 0.2) is 0 Å². The minimum atomic E-state index is -3.47. The molecule has 21 heavy (non-hydrogen) atoms. The minimum Gasteiger partial charge on any atom is -0.398 e. The highest BCUT2D eigenvalue weighted by atomic mass is 35.5. The van der Waals surface area contributed by atoms with Crippen LogP contribution in [0.25, 0.3) is 0 Å². The van der Waals surface area contributed by atoms with Gasteiger partial charge in [0.1, 0.15) is 0 Å². The number of nitrogens with two attached hydrogens (primary N) is 1. The van der Waals surface area contributed by atoms with Crippen molar-refractivity contribution in [2.45, 2.75) is 14.7 Å². The molecule has 0 aliphatic heterocycles. The maximum Gasteiger partial charge on any atom is 0.242 e. The Labute approximate surface area is 134 Å². The van der Waals surface area contributed by atoms with Crippen molar-refractivity contribution in [2.75, 3.05) is 19.8 Å². The van der Waals surface area contributed by atoms with Crippen LogP contribution in [0.4, 0.5) is 5.69 Å². The van der Waals surface area contributed by atoms with Gasteiger partial charge < -0.3 is 5.73 Å². The third kappa shape index (κ3) is 3.71. The first-order valence-electron chi connectivity index (χ1n) is 6.06. The van der Waals surface area contributed by atoms with Gasteiger partial charge in [-0.1, -0.05) is 23.4 Å². The van der Waals surface area contributed by atoms with Gasteiger partial charge in [0.05, 0.1) is 4.90 Å². The zero-order chi connectivity index (χ0) is 15.6. The van der Waals surface area contributed by atoms with Crippen molar-refractivity contribution in [1.82, 2.24) is 4.31 Å². The first-order valence-corrected chi connectivity index (χ1v) is 8.69. The highest BCUT2D eigenvalue weighted by molar-refractivity contribution is 7.99. The lowest BCUT2D eigenvalue weighted by Gasteiger charge is -2.13. The summed E-state index contributed by atoms with van der Waals surface area (Å²) in [4.78, 5) is 1.97. The SMILES string of the molecule is CN(C)S(=O)(=O)c1ccc(Sc2ccc(Cl)cc2)c(N)c1. The number of anilines is 1. The zero-order valence-electron chi connectivity index (χ0n) is 11.6. The van der Waals surface area contributed by atoms with Gasteiger partial charge >= 0.3 is 0 Å². The van der Waals surface area contributed by atoms with Gasteiger partial charge in [-0.05, 0) is 42.5 Å². The number of nitrogens with zero attached hydrogens (tertiary/aromatic N) is 1. The Bertz CT molecular complexity index is 744. The molecule has 0 heterocycles. The molecule has 0 amide bonds. The summed E-state index contributed by atoms with van der Waals surface area (Å²) in [6, 6.07) is 12.1. The van der Waals surface area contributed by atoms with E-state index in [0.717, 1.165) is 14.1 Å². The van der Waals surface area contributed by atoms with E-state index >= 15 is 0 Å². The molecule has 0 aliphatic carbocycles. The Kier molecular flexibility index (Phi) is 4.83. The van der Waals surface area contributed by atoms with E-state index in [1.54, 1.807) is 24.3 Å². The summed E-state index contributed by atoms with van der Waals surface area (Å²) in [5.74, 6) is 0. The van der Waals surface area contributed by atoms with Gasteiger partial charge in [-0.3, -0.25) is 0 Å². The molecule has 0 aromatic heterocycles. The van der Waals surface area contributed by atoms with Crippen LogP contribution >= 0.6 is 23.4 Å². The second-order valence-corrected chi connectivity index (χ2v) is 8.25. The van der Waals surface area contributed by atoms with E-state index in [9.17, 15) is 8.42 Å². The number of nitrogen functional groups attached to an aromatic ring is 1. The second-order valence-electron chi connectivity index (χ2n) is 4.54. The van der Waals surface area contributed by atoms with Crippen LogP contribution in [0.15, 0.2) is 57.2 Å². The molecule has 7 heteroatoms. The fourth-order valence-corrected chi connectivity index (χ4v) is 3.52. The monoisotopic (exact) mass is 342 g/mol. The van der Waals surface area contributed by atoms with Crippen LogP contribution in [-0.2, 0) is 10.0 Å². The Morgan fingerprint density at radius 1 is 1.10 bits per heavy atom. The Hall–Kier alpha value is -1.21. The molecule has 0 unspecified atom stereocenters. The molecule has 0 radical (unpaired) electrons. The quantitative estimate of drug-likeness (QED) is 0.866. The third-order valence-corrected chi connectivity index (χ3v) is 5.96. The smallest absolute Gasteiger partial charge is 0.242 e. The molecule has 0 bridgehead atoms. The molecule has 2 aromatic carbocycles. The Balaban J connectivity index is 2.30. The molecule has 2 N–H and O–H groups in total. The third-order valence-electron chi connectivity index (χ3n) is 2.80. The fourth-order valence-electron chi connectivity index (χ4n) is 1.62. The first-order chi connectivity index (χ1) is 9.80. The van der Waals surface area contributed by atoms with Gasteiger partial charge in [-0.25, -0.2) is 12.7 Å². The Morgan fingerprint density at radius 2 is 1.71 bits per heavy atom. The van der Waals surface area contributed by atoms with Crippen LogP contribution in [-0.4, -0.2) is 26.8 Å². The maximum atomic E-state index is 12.0. The van der Waals surface area contributed by atoms with Crippen LogP contribution in [0.1, 0.15) is 0 Å². The summed E-state index contributed by atoms with van der Waals surface area (Å²) < 4.78 is 25.2. The van der Waals surface area contributed by atoms with Crippen LogP contribution in [0.2, 0.25) is 5.02 Å². The number of sulfonamides is 1. The molecule has 2 rings (SSSR count). The van der Waals surface area contributed by atoms with Crippen molar-refractivity contribution in [1.29, 1.82) is 0 Å². The molecule has 0 atom stereocenters. The van der Waals surface area contributed by atoms with E-state index in [1.807, 2.05) is 12.1 Å². The predicted molar refractivity (Wildman–Crippen MR) is 87.3 cm³/mol. The van der Waals surface area contributed by atoms with Crippen LogP contribution in [0.3, 0.4) is 0 Å². The normalized spacial score (nSPS) is 11.8. The molecule has 4 nitrogen and oxygen atoms in total. The first kappa shape index (κ1) is 16.2. The topological polar surface area (TPSA) is 63.4 Å². The lowest BCUT2D eigenvalue weighted by Crippen LogP contribution is -2.22. The van der Waals surface area contributed by atoms with Gasteiger partial charge in [-0.15, -0.1) is 0 Å². The molecular weight excluding hydrogens is 328 g/mol. The fraction of sp³-hybridized carbons (Fsp3) is 0.143. The highest BCUT2D eigenvalue weighted by Gasteiger charge is 2.18. The lowest BCUT2D eigenvalue weighted by atomic mass is 10.3.